The van der Waals surface area contributed by atoms with Crippen LogP contribution in [0.25, 0.3) is 0 Å². The third-order valence-corrected chi connectivity index (χ3v) is 9.62. The van der Waals surface area contributed by atoms with Crippen LogP contribution in [-0.4, -0.2) is 61.2 Å². The number of nitrogens with zero attached hydrogens (tertiary/aromatic N) is 3. The first-order chi connectivity index (χ1) is 17.9. The van der Waals surface area contributed by atoms with Gasteiger partial charge >= 0.3 is 6.18 Å². The van der Waals surface area contributed by atoms with E-state index in [-0.39, 0.29) is 30.4 Å². The number of rotatable bonds is 8. The fourth-order valence-electron chi connectivity index (χ4n) is 4.45. The molecule has 1 aliphatic heterocycles. The molecule has 0 unspecified atom stereocenters. The molecule has 0 saturated carbocycles. The van der Waals surface area contributed by atoms with Crippen LogP contribution in [0.1, 0.15) is 34.2 Å². The zero-order valence-electron chi connectivity index (χ0n) is 20.7. The van der Waals surface area contributed by atoms with Crippen molar-refractivity contribution in [3.8, 4) is 0 Å². The highest BCUT2D eigenvalue weighted by atomic mass is 32.2. The monoisotopic (exact) mass is 569 g/mol. The van der Waals surface area contributed by atoms with E-state index in [9.17, 15) is 26.0 Å². The quantitative estimate of drug-likeness (QED) is 0.271. The van der Waals surface area contributed by atoms with Gasteiger partial charge < -0.3 is 10.7 Å². The molecule has 4 rings (SSSR count). The van der Waals surface area contributed by atoms with E-state index in [0.29, 0.717) is 27.5 Å². The first-order valence-corrected chi connectivity index (χ1v) is 14.0. The molecule has 0 aliphatic carbocycles. The van der Waals surface area contributed by atoms with Gasteiger partial charge in [0.05, 0.1) is 17.6 Å². The fraction of sp³-hybridized carbons (Fsp3) is 0.360. The highest BCUT2D eigenvalue weighted by Crippen LogP contribution is 2.35. The molecule has 38 heavy (non-hydrogen) atoms. The van der Waals surface area contributed by atoms with Gasteiger partial charge in [0, 0.05) is 55.4 Å². The van der Waals surface area contributed by atoms with E-state index in [4.69, 9.17) is 5.41 Å². The van der Waals surface area contributed by atoms with Gasteiger partial charge in [-0.1, -0.05) is 0 Å². The third kappa shape index (κ3) is 6.40. The minimum Gasteiger partial charge on any atom is -0.355 e. The molecular formula is C25H27F4N5O2S2. The topological polar surface area (TPSA) is 89.4 Å². The van der Waals surface area contributed by atoms with Crippen molar-refractivity contribution in [2.24, 2.45) is 0 Å². The molecule has 204 valence electrons. The number of sulfonamides is 1. The third-order valence-electron chi connectivity index (χ3n) is 6.41. The van der Waals surface area contributed by atoms with E-state index in [0.717, 1.165) is 23.1 Å². The van der Waals surface area contributed by atoms with Crippen molar-refractivity contribution in [2.75, 3.05) is 31.5 Å². The molecule has 0 bridgehead atoms. The molecule has 0 radical (unpaired) electrons. The maximum atomic E-state index is 13.3. The lowest BCUT2D eigenvalue weighted by molar-refractivity contribution is -0.140. The number of alkyl halides is 3. The van der Waals surface area contributed by atoms with Crippen LogP contribution in [0, 0.1) is 25.1 Å². The van der Waals surface area contributed by atoms with E-state index in [1.165, 1.54) is 22.6 Å². The van der Waals surface area contributed by atoms with Crippen LogP contribution in [0.5, 0.6) is 0 Å². The maximum absolute atomic E-state index is 13.3. The maximum Gasteiger partial charge on any atom is 0.390 e. The van der Waals surface area contributed by atoms with Crippen LogP contribution in [-0.2, 0) is 10.0 Å². The van der Waals surface area contributed by atoms with Crippen LogP contribution in [0.2, 0.25) is 0 Å². The SMILES string of the molecule is Cc1ncc(S(=O)(=O)N2CCN(CCC(F)(F)F)[C@H](c3cc(C=N)c(Nc4ccc(F)cc4)cc3C)C2)s1. The van der Waals surface area contributed by atoms with Gasteiger partial charge in [0.15, 0.2) is 4.21 Å². The molecule has 1 aliphatic rings. The van der Waals surface area contributed by atoms with E-state index in [1.54, 1.807) is 43.0 Å². The van der Waals surface area contributed by atoms with Gasteiger partial charge in [-0.25, -0.2) is 17.8 Å². The molecule has 13 heteroatoms. The van der Waals surface area contributed by atoms with Gasteiger partial charge in [0.2, 0.25) is 0 Å². The van der Waals surface area contributed by atoms with Crippen LogP contribution in [0.4, 0.5) is 28.9 Å². The first kappa shape index (κ1) is 28.1. The second-order valence-corrected chi connectivity index (χ2v) is 12.5. The van der Waals surface area contributed by atoms with E-state index in [1.807, 2.05) is 0 Å². The number of anilines is 2. The predicted molar refractivity (Wildman–Crippen MR) is 139 cm³/mol. The lowest BCUT2D eigenvalue weighted by atomic mass is 9.94. The van der Waals surface area contributed by atoms with Crippen LogP contribution in [0.15, 0.2) is 46.8 Å². The molecule has 1 fully saturated rings. The molecule has 0 spiro atoms. The van der Waals surface area contributed by atoms with Crippen molar-refractivity contribution in [1.82, 2.24) is 14.2 Å². The Morgan fingerprint density at radius 2 is 1.89 bits per heavy atom. The zero-order valence-corrected chi connectivity index (χ0v) is 22.4. The Hall–Kier alpha value is -2.87. The van der Waals surface area contributed by atoms with Gasteiger partial charge in [-0.3, -0.25) is 4.90 Å². The van der Waals surface area contributed by atoms with Crippen LogP contribution < -0.4 is 5.32 Å². The minimum atomic E-state index is -4.36. The number of benzene rings is 2. The molecule has 1 aromatic heterocycles. The molecular weight excluding hydrogens is 542 g/mol. The summed E-state index contributed by atoms with van der Waals surface area (Å²) in [5, 5.41) is 11.7. The Labute approximate surface area is 222 Å². The number of piperazine rings is 1. The van der Waals surface area contributed by atoms with Crippen molar-refractivity contribution in [2.45, 2.75) is 36.7 Å². The van der Waals surface area contributed by atoms with Crippen molar-refractivity contribution >= 4 is 38.9 Å². The molecule has 1 atom stereocenters. The van der Waals surface area contributed by atoms with Crippen LogP contribution in [0.3, 0.4) is 0 Å². The standard InChI is InChI=1S/C25H27F4N5O2S2/c1-16-11-22(32-20-5-3-19(26)4-6-20)18(13-30)12-21(16)23-15-34(10-9-33(23)8-7-25(27,28)29)38(35,36)24-14-31-17(2)37-24/h3-6,11-14,23,30,32H,7-10,15H2,1-2H3/t23-/m0/s1. The van der Waals surface area contributed by atoms with Crippen molar-refractivity contribution in [3.63, 3.8) is 0 Å². The second-order valence-electron chi connectivity index (χ2n) is 9.05. The largest absolute Gasteiger partial charge is 0.390 e. The second kappa shape index (κ2) is 11.1. The summed E-state index contributed by atoms with van der Waals surface area (Å²) < 4.78 is 80.7. The first-order valence-electron chi connectivity index (χ1n) is 11.8. The van der Waals surface area contributed by atoms with E-state index < -0.39 is 34.5 Å². The molecule has 2 aromatic carbocycles. The number of aromatic nitrogens is 1. The highest BCUT2D eigenvalue weighted by molar-refractivity contribution is 7.91. The minimum absolute atomic E-state index is 0.0415. The number of hydrogen-bond donors (Lipinski definition) is 2. The average Bonchev–Trinajstić information content (AvgIpc) is 3.31. The zero-order chi connectivity index (χ0) is 27.7. The Morgan fingerprint density at radius 3 is 2.50 bits per heavy atom. The van der Waals surface area contributed by atoms with Gasteiger partial charge in [0.25, 0.3) is 10.0 Å². The fourth-order valence-corrected chi connectivity index (χ4v) is 7.15. The van der Waals surface area contributed by atoms with Crippen molar-refractivity contribution in [3.05, 3.63) is 70.1 Å². The highest BCUT2D eigenvalue weighted by Gasteiger charge is 2.38. The Kier molecular flexibility index (Phi) is 8.21. The summed E-state index contributed by atoms with van der Waals surface area (Å²) in [6.07, 6.45) is -2.96. The summed E-state index contributed by atoms with van der Waals surface area (Å²) in [5.41, 5.74) is 2.98. The molecule has 0 amide bonds. The van der Waals surface area contributed by atoms with Gasteiger partial charge in [0.1, 0.15) is 5.82 Å². The summed E-state index contributed by atoms with van der Waals surface area (Å²) in [6.45, 7) is 3.34. The Morgan fingerprint density at radius 1 is 1.18 bits per heavy atom. The average molecular weight is 570 g/mol. The summed E-state index contributed by atoms with van der Waals surface area (Å²) in [5.74, 6) is -0.390. The number of hydrogen-bond acceptors (Lipinski definition) is 7. The molecule has 2 heterocycles. The van der Waals surface area contributed by atoms with Crippen molar-refractivity contribution in [1.29, 1.82) is 5.41 Å². The number of aryl methyl sites for hydroxylation is 2. The van der Waals surface area contributed by atoms with Crippen LogP contribution >= 0.6 is 11.3 Å². The summed E-state index contributed by atoms with van der Waals surface area (Å²) in [7, 11) is -3.88. The molecule has 1 saturated heterocycles. The lowest BCUT2D eigenvalue weighted by Crippen LogP contribution is -2.51. The Bertz CT molecular complexity index is 1410. The summed E-state index contributed by atoms with van der Waals surface area (Å²) >= 11 is 1.05. The van der Waals surface area contributed by atoms with Gasteiger partial charge in [-0.2, -0.15) is 17.5 Å². The summed E-state index contributed by atoms with van der Waals surface area (Å²) in [6, 6.07) is 8.51. The lowest BCUT2D eigenvalue weighted by Gasteiger charge is -2.41. The number of thiazole rings is 1. The molecule has 3 aromatic rings. The molecule has 7 nitrogen and oxygen atoms in total. The number of nitrogens with one attached hydrogen (secondary N) is 2. The molecule has 2 N–H and O–H groups in total. The van der Waals surface area contributed by atoms with Gasteiger partial charge in [-0.15, -0.1) is 11.3 Å². The predicted octanol–water partition coefficient (Wildman–Crippen LogP) is 5.64. The smallest absolute Gasteiger partial charge is 0.355 e. The Balaban J connectivity index is 1.69. The van der Waals surface area contributed by atoms with E-state index >= 15 is 0 Å². The van der Waals surface area contributed by atoms with E-state index in [2.05, 4.69) is 10.3 Å². The normalized spacial score (nSPS) is 17.5. The number of halogens is 4. The van der Waals surface area contributed by atoms with Crippen molar-refractivity contribution < 1.29 is 26.0 Å². The van der Waals surface area contributed by atoms with Gasteiger partial charge in [-0.05, 0) is 61.4 Å². The summed E-state index contributed by atoms with van der Waals surface area (Å²) in [4.78, 5) is 5.69.